The van der Waals surface area contributed by atoms with Gasteiger partial charge in [0.25, 0.3) is 0 Å². The fourth-order valence-corrected chi connectivity index (χ4v) is 6.51. The van der Waals surface area contributed by atoms with Gasteiger partial charge in [0.05, 0.1) is 25.0 Å². The van der Waals surface area contributed by atoms with Crippen LogP contribution in [0.5, 0.6) is 5.88 Å². The van der Waals surface area contributed by atoms with Crippen molar-refractivity contribution >= 4 is 17.8 Å². The van der Waals surface area contributed by atoms with Crippen molar-refractivity contribution in [3.63, 3.8) is 0 Å². The Morgan fingerprint density at radius 3 is 2.50 bits per heavy atom. The number of benzene rings is 1. The second-order valence-electron chi connectivity index (χ2n) is 11.4. The van der Waals surface area contributed by atoms with Gasteiger partial charge >= 0.3 is 6.03 Å². The standard InChI is InChI=1S/C29H40N6O3/c1-33(2)29(23-10-5-4-6-11-23)15-13-28(14-16-29)21-34(27(37)35(28)20-22-8-7-9-22)17-12-25(36)31-24-18-30-19-26(32-24)38-3/h4-6,10-11,18-19,22H,7-9,12-17,20-21H2,1-3H3,(H,31,32,36)/t28-,29-. The van der Waals surface area contributed by atoms with Gasteiger partial charge in [-0.3, -0.25) is 14.7 Å². The SMILES string of the molecule is COc1cncc(NC(=O)CCN2C[C@]3(CC[C@@](c4ccccc4)(N(C)C)CC3)N(CC3CCC3)C2=O)n1. The smallest absolute Gasteiger partial charge is 0.320 e. The van der Waals surface area contributed by atoms with Crippen molar-refractivity contribution in [2.75, 3.05) is 46.2 Å². The molecule has 0 radical (unpaired) electrons. The Labute approximate surface area is 225 Å². The van der Waals surface area contributed by atoms with E-state index >= 15 is 0 Å². The number of carbonyl (C=O) groups is 2. The lowest BCUT2D eigenvalue weighted by Crippen LogP contribution is -2.56. The summed E-state index contributed by atoms with van der Waals surface area (Å²) in [4.78, 5) is 41.1. The van der Waals surface area contributed by atoms with Crippen molar-refractivity contribution in [3.8, 4) is 5.88 Å². The number of carbonyl (C=O) groups excluding carboxylic acids is 2. The average Bonchev–Trinajstić information content (AvgIpc) is 3.16. The summed E-state index contributed by atoms with van der Waals surface area (Å²) in [6.45, 7) is 1.91. The molecule has 5 rings (SSSR count). The van der Waals surface area contributed by atoms with Crippen molar-refractivity contribution in [1.29, 1.82) is 0 Å². The Balaban J connectivity index is 1.28. The molecule has 0 unspecified atom stereocenters. The van der Waals surface area contributed by atoms with Gasteiger partial charge < -0.3 is 19.9 Å². The van der Waals surface area contributed by atoms with Crippen LogP contribution in [0, 0.1) is 5.92 Å². The van der Waals surface area contributed by atoms with E-state index in [-0.39, 0.29) is 29.4 Å². The summed E-state index contributed by atoms with van der Waals surface area (Å²) in [5.41, 5.74) is 1.15. The zero-order valence-corrected chi connectivity index (χ0v) is 22.9. The lowest BCUT2D eigenvalue weighted by atomic mass is 9.68. The van der Waals surface area contributed by atoms with Crippen LogP contribution in [0.25, 0.3) is 0 Å². The van der Waals surface area contributed by atoms with Gasteiger partial charge in [0, 0.05) is 31.6 Å². The summed E-state index contributed by atoms with van der Waals surface area (Å²) in [5, 5.41) is 2.78. The molecule has 1 aliphatic heterocycles. The third kappa shape index (κ3) is 5.08. The zero-order chi connectivity index (χ0) is 26.8. The van der Waals surface area contributed by atoms with E-state index in [4.69, 9.17) is 4.74 Å². The first kappa shape index (κ1) is 26.4. The Kier molecular flexibility index (Phi) is 7.56. The number of hydrogen-bond donors (Lipinski definition) is 1. The number of amides is 3. The second kappa shape index (κ2) is 10.9. The minimum Gasteiger partial charge on any atom is -0.480 e. The first-order valence-electron chi connectivity index (χ1n) is 13.8. The summed E-state index contributed by atoms with van der Waals surface area (Å²) in [6, 6.07) is 10.9. The van der Waals surface area contributed by atoms with Crippen LogP contribution in [0.15, 0.2) is 42.7 Å². The minimum atomic E-state index is -0.189. The topological polar surface area (TPSA) is 90.9 Å². The number of rotatable bonds is 9. The van der Waals surface area contributed by atoms with Crippen LogP contribution >= 0.6 is 0 Å². The highest BCUT2D eigenvalue weighted by Gasteiger charge is 2.54. The Morgan fingerprint density at radius 2 is 1.87 bits per heavy atom. The van der Waals surface area contributed by atoms with Crippen LogP contribution in [0.3, 0.4) is 0 Å². The van der Waals surface area contributed by atoms with Crippen molar-refractivity contribution in [2.24, 2.45) is 5.92 Å². The molecule has 1 spiro atoms. The predicted octanol–water partition coefficient (Wildman–Crippen LogP) is 4.12. The molecule has 0 bridgehead atoms. The monoisotopic (exact) mass is 520 g/mol. The average molecular weight is 521 g/mol. The molecule has 9 nitrogen and oxygen atoms in total. The lowest BCUT2D eigenvalue weighted by Gasteiger charge is -2.51. The molecule has 3 fully saturated rings. The lowest BCUT2D eigenvalue weighted by molar-refractivity contribution is -0.116. The molecule has 2 aliphatic carbocycles. The van der Waals surface area contributed by atoms with Crippen LogP contribution in [0.2, 0.25) is 0 Å². The highest BCUT2D eigenvalue weighted by Crippen LogP contribution is 2.49. The minimum absolute atomic E-state index is 0.0250. The summed E-state index contributed by atoms with van der Waals surface area (Å²) in [7, 11) is 5.86. The van der Waals surface area contributed by atoms with Gasteiger partial charge in [-0.15, -0.1) is 0 Å². The third-order valence-corrected chi connectivity index (χ3v) is 9.10. The molecule has 2 heterocycles. The number of nitrogens with one attached hydrogen (secondary N) is 1. The van der Waals surface area contributed by atoms with E-state index in [1.165, 1.54) is 44.3 Å². The molecular weight excluding hydrogens is 480 g/mol. The van der Waals surface area contributed by atoms with Crippen molar-refractivity contribution in [2.45, 2.75) is 62.4 Å². The van der Waals surface area contributed by atoms with E-state index in [1.807, 2.05) is 4.90 Å². The molecule has 1 N–H and O–H groups in total. The number of ether oxygens (including phenoxy) is 1. The maximum Gasteiger partial charge on any atom is 0.320 e. The van der Waals surface area contributed by atoms with Gasteiger partial charge in [-0.25, -0.2) is 4.79 Å². The quantitative estimate of drug-likeness (QED) is 0.535. The maximum atomic E-state index is 13.7. The number of anilines is 1. The van der Waals surface area contributed by atoms with Gasteiger partial charge in [-0.2, -0.15) is 4.98 Å². The summed E-state index contributed by atoms with van der Waals surface area (Å²) in [6.07, 6.45) is 10.8. The number of methoxy groups -OCH3 is 1. The van der Waals surface area contributed by atoms with E-state index < -0.39 is 0 Å². The molecule has 0 atom stereocenters. The van der Waals surface area contributed by atoms with Crippen molar-refractivity contribution < 1.29 is 14.3 Å². The van der Waals surface area contributed by atoms with Gasteiger partial charge in [0.2, 0.25) is 11.8 Å². The highest BCUT2D eigenvalue weighted by atomic mass is 16.5. The summed E-state index contributed by atoms with van der Waals surface area (Å²) in [5.74, 6) is 1.10. The molecule has 2 saturated carbocycles. The Bertz CT molecular complexity index is 1130. The normalized spacial score (nSPS) is 25.6. The van der Waals surface area contributed by atoms with Crippen LogP contribution in [-0.4, -0.2) is 83.0 Å². The van der Waals surface area contributed by atoms with E-state index in [2.05, 4.69) is 69.5 Å². The Morgan fingerprint density at radius 1 is 1.13 bits per heavy atom. The largest absolute Gasteiger partial charge is 0.480 e. The van der Waals surface area contributed by atoms with E-state index in [1.54, 1.807) is 0 Å². The van der Waals surface area contributed by atoms with Crippen LogP contribution in [0.4, 0.5) is 10.6 Å². The first-order valence-corrected chi connectivity index (χ1v) is 13.8. The molecule has 1 aromatic carbocycles. The Hall–Kier alpha value is -3.20. The highest BCUT2D eigenvalue weighted by molar-refractivity contribution is 5.90. The van der Waals surface area contributed by atoms with Gasteiger partial charge in [-0.1, -0.05) is 36.8 Å². The number of urea groups is 1. The number of nitrogens with zero attached hydrogens (tertiary/aromatic N) is 5. The third-order valence-electron chi connectivity index (χ3n) is 9.10. The van der Waals surface area contributed by atoms with Crippen LogP contribution in [-0.2, 0) is 10.3 Å². The molecular formula is C29H40N6O3. The second-order valence-corrected chi connectivity index (χ2v) is 11.4. The molecule has 3 amide bonds. The first-order chi connectivity index (χ1) is 18.3. The van der Waals surface area contributed by atoms with Crippen LogP contribution < -0.4 is 10.1 Å². The maximum absolute atomic E-state index is 13.7. The number of aromatic nitrogens is 2. The summed E-state index contributed by atoms with van der Waals surface area (Å²) < 4.78 is 5.08. The van der Waals surface area contributed by atoms with E-state index in [0.717, 1.165) is 32.2 Å². The van der Waals surface area contributed by atoms with Crippen molar-refractivity contribution in [3.05, 3.63) is 48.3 Å². The van der Waals surface area contributed by atoms with Crippen LogP contribution in [0.1, 0.15) is 56.9 Å². The molecule has 1 aromatic heterocycles. The fraction of sp³-hybridized carbons (Fsp3) is 0.586. The predicted molar refractivity (Wildman–Crippen MR) is 146 cm³/mol. The molecule has 38 heavy (non-hydrogen) atoms. The fourth-order valence-electron chi connectivity index (χ4n) is 6.51. The number of hydrogen-bond acceptors (Lipinski definition) is 6. The molecule has 9 heteroatoms. The summed E-state index contributed by atoms with van der Waals surface area (Å²) >= 11 is 0. The molecule has 3 aliphatic rings. The molecule has 1 saturated heterocycles. The molecule has 2 aromatic rings. The van der Waals surface area contributed by atoms with Gasteiger partial charge in [0.1, 0.15) is 0 Å². The zero-order valence-electron chi connectivity index (χ0n) is 22.9. The van der Waals surface area contributed by atoms with Gasteiger partial charge in [0.15, 0.2) is 5.82 Å². The van der Waals surface area contributed by atoms with E-state index in [9.17, 15) is 9.59 Å². The van der Waals surface area contributed by atoms with Gasteiger partial charge in [-0.05, 0) is 64.1 Å². The van der Waals surface area contributed by atoms with Crippen molar-refractivity contribution in [1.82, 2.24) is 24.7 Å². The van der Waals surface area contributed by atoms with E-state index in [0.29, 0.717) is 30.7 Å². The molecule has 204 valence electrons.